The van der Waals surface area contributed by atoms with Crippen molar-refractivity contribution in [2.75, 3.05) is 36.4 Å². The second-order valence-electron chi connectivity index (χ2n) is 9.93. The molecule has 5 aromatic rings. The normalized spacial score (nSPS) is 15.6. The highest BCUT2D eigenvalue weighted by atomic mass is 32.2. The first-order valence-electron chi connectivity index (χ1n) is 13.3. The minimum absolute atomic E-state index is 0.0952. The highest BCUT2D eigenvalue weighted by Crippen LogP contribution is 2.28. The van der Waals surface area contributed by atoms with Crippen LogP contribution in [0.2, 0.25) is 0 Å². The molecule has 2 aromatic heterocycles. The average Bonchev–Trinajstić information content (AvgIpc) is 2.98. The maximum absolute atomic E-state index is 13.5. The monoisotopic (exact) mass is 549 g/mol. The van der Waals surface area contributed by atoms with E-state index in [2.05, 4.69) is 25.6 Å². The van der Waals surface area contributed by atoms with Crippen LogP contribution in [0, 0.1) is 0 Å². The van der Waals surface area contributed by atoms with Gasteiger partial charge in [0.2, 0.25) is 0 Å². The summed E-state index contributed by atoms with van der Waals surface area (Å²) in [5, 5.41) is 3.98. The minimum atomic E-state index is -2.43. The molecule has 1 unspecified atom stereocenters. The number of benzene rings is 3. The van der Waals surface area contributed by atoms with E-state index in [1.54, 1.807) is 12.3 Å². The Kier molecular flexibility index (Phi) is 7.11. The van der Waals surface area contributed by atoms with Gasteiger partial charge in [-0.05, 0) is 35.7 Å². The van der Waals surface area contributed by atoms with E-state index >= 15 is 0 Å². The van der Waals surface area contributed by atoms with Gasteiger partial charge in [0, 0.05) is 65.6 Å². The summed E-state index contributed by atoms with van der Waals surface area (Å²) in [7, 11) is -2.43. The molecule has 8 heteroatoms. The number of aromatic nitrogens is 2. The Hall–Kier alpha value is -4.40. The van der Waals surface area contributed by atoms with Crippen LogP contribution in [0.4, 0.5) is 17.3 Å². The Bertz CT molecular complexity index is 1780. The zero-order valence-corrected chi connectivity index (χ0v) is 23.0. The highest BCUT2D eigenvalue weighted by molar-refractivity contribution is 7.97. The molecule has 3 aromatic carbocycles. The number of rotatable bonds is 7. The molecule has 3 heterocycles. The molecule has 1 saturated heterocycles. The number of nitrogens with zero attached hydrogens (tertiary/aromatic N) is 4. The van der Waals surface area contributed by atoms with Gasteiger partial charge in [-0.15, -0.1) is 0 Å². The average molecular weight is 550 g/mol. The van der Waals surface area contributed by atoms with E-state index in [0.717, 1.165) is 28.3 Å². The highest BCUT2D eigenvalue weighted by Gasteiger charge is 2.24. The van der Waals surface area contributed by atoms with E-state index in [4.69, 9.17) is 0 Å². The molecule has 1 fully saturated rings. The van der Waals surface area contributed by atoms with E-state index in [1.807, 2.05) is 101 Å². The molecule has 1 aliphatic heterocycles. The molecular formula is C32H31N5O2S. The molecule has 40 heavy (non-hydrogen) atoms. The Morgan fingerprint density at radius 1 is 0.825 bits per heavy atom. The van der Waals surface area contributed by atoms with Gasteiger partial charge in [-0.25, -0.2) is 9.29 Å². The third-order valence-corrected chi connectivity index (χ3v) is 9.30. The molecule has 7 nitrogen and oxygen atoms in total. The summed E-state index contributed by atoms with van der Waals surface area (Å²) in [5.41, 5.74) is 3.53. The second kappa shape index (κ2) is 11.0. The zero-order valence-electron chi connectivity index (χ0n) is 22.1. The smallest absolute Gasteiger partial charge is 0.193 e. The van der Waals surface area contributed by atoms with Crippen LogP contribution in [0.3, 0.4) is 0 Å². The van der Waals surface area contributed by atoms with Crippen molar-refractivity contribution in [2.24, 2.45) is 0 Å². The largest absolute Gasteiger partial charge is 0.354 e. The number of anilines is 3. The van der Waals surface area contributed by atoms with Crippen molar-refractivity contribution >= 4 is 43.8 Å². The van der Waals surface area contributed by atoms with Crippen LogP contribution in [0.25, 0.3) is 16.6 Å². The lowest BCUT2D eigenvalue weighted by molar-refractivity contribution is 0.407. The van der Waals surface area contributed by atoms with E-state index in [0.29, 0.717) is 43.1 Å². The molecule has 1 aliphatic rings. The molecular weight excluding hydrogens is 518 g/mol. The molecule has 202 valence electrons. The fourth-order valence-corrected chi connectivity index (χ4v) is 6.90. The molecule has 1 N–H and O–H groups in total. The fraction of sp³-hybridized carbons (Fsp3) is 0.156. The van der Waals surface area contributed by atoms with Crippen LogP contribution in [0.15, 0.2) is 114 Å². The van der Waals surface area contributed by atoms with Crippen molar-refractivity contribution in [2.45, 2.75) is 5.75 Å². The van der Waals surface area contributed by atoms with Crippen molar-refractivity contribution in [1.29, 1.82) is 0 Å². The quantitative estimate of drug-likeness (QED) is 0.287. The summed E-state index contributed by atoms with van der Waals surface area (Å²) in [6, 6.07) is 33.3. The molecule has 0 spiro atoms. The van der Waals surface area contributed by atoms with E-state index in [-0.39, 0.29) is 5.43 Å². The third-order valence-electron chi connectivity index (χ3n) is 7.21. The minimum Gasteiger partial charge on any atom is -0.354 e. The first-order valence-corrected chi connectivity index (χ1v) is 15.2. The van der Waals surface area contributed by atoms with Crippen molar-refractivity contribution in [3.05, 3.63) is 125 Å². The summed E-state index contributed by atoms with van der Waals surface area (Å²) in [4.78, 5) is 20.1. The Labute approximate surface area is 234 Å². The van der Waals surface area contributed by atoms with Crippen molar-refractivity contribution < 1.29 is 4.21 Å². The number of fused-ring (bicyclic) bond motifs is 1. The summed E-state index contributed by atoms with van der Waals surface area (Å²) < 4.78 is 17.6. The fourth-order valence-electron chi connectivity index (χ4n) is 5.17. The van der Waals surface area contributed by atoms with E-state index in [9.17, 15) is 9.00 Å². The van der Waals surface area contributed by atoms with Crippen molar-refractivity contribution in [3.63, 3.8) is 0 Å². The lowest BCUT2D eigenvalue weighted by atomic mass is 10.2. The van der Waals surface area contributed by atoms with Gasteiger partial charge in [0.15, 0.2) is 5.43 Å². The molecule has 0 bridgehead atoms. The van der Waals surface area contributed by atoms with Gasteiger partial charge in [0.25, 0.3) is 0 Å². The third kappa shape index (κ3) is 5.36. The van der Waals surface area contributed by atoms with Crippen LogP contribution in [-0.2, 0) is 15.5 Å². The maximum Gasteiger partial charge on any atom is 0.193 e. The zero-order chi connectivity index (χ0) is 27.5. The van der Waals surface area contributed by atoms with Crippen molar-refractivity contribution in [3.8, 4) is 5.69 Å². The van der Waals surface area contributed by atoms with Gasteiger partial charge < -0.3 is 10.2 Å². The number of nitrogens with one attached hydrogen (secondary N) is 1. The Balaban J connectivity index is 1.32. The first-order chi connectivity index (χ1) is 19.5. The molecule has 0 saturated carbocycles. The number of pyridine rings is 2. The number of hydrogen-bond donors (Lipinski definition) is 1. The van der Waals surface area contributed by atoms with Crippen molar-refractivity contribution in [1.82, 2.24) is 13.9 Å². The molecule has 1 atom stereocenters. The Morgan fingerprint density at radius 3 is 2.12 bits per heavy atom. The first kappa shape index (κ1) is 25.9. The molecule has 0 amide bonds. The SMILES string of the molecule is C=S(=O)(Cc1ccccc1)N1CCN(c2cc3c(cn2)c(=O)cc(Nc2ccccc2)n3-c2ccccc2)CC1. The number of para-hydroxylation sites is 2. The summed E-state index contributed by atoms with van der Waals surface area (Å²) in [5.74, 6) is 5.99. The van der Waals surface area contributed by atoms with Crippen LogP contribution in [-0.4, -0.2) is 50.1 Å². The molecule has 0 radical (unpaired) electrons. The van der Waals surface area contributed by atoms with Gasteiger partial charge >= 0.3 is 0 Å². The van der Waals surface area contributed by atoms with Gasteiger partial charge in [-0.1, -0.05) is 66.7 Å². The summed E-state index contributed by atoms with van der Waals surface area (Å²) in [6.07, 6.45) is 1.67. The maximum atomic E-state index is 13.5. The Morgan fingerprint density at radius 2 is 1.45 bits per heavy atom. The lowest BCUT2D eigenvalue weighted by Gasteiger charge is -2.37. The standard InChI is InChI=1S/C32H31N5O2S/c1-40(39,24-25-11-5-2-6-12-25)36-19-17-35(18-20-36)31-21-29-28(23-33-31)30(38)22-32(34-26-13-7-3-8-14-26)37(29)27-15-9-4-10-16-27/h2-16,21-23,34H,1,17-20,24H2. The summed E-state index contributed by atoms with van der Waals surface area (Å²) >= 11 is 0. The predicted octanol–water partition coefficient (Wildman–Crippen LogP) is 5.08. The number of piperazine rings is 1. The van der Waals surface area contributed by atoms with Crippen LogP contribution in [0.5, 0.6) is 0 Å². The molecule has 6 rings (SSSR count). The molecule has 0 aliphatic carbocycles. The van der Waals surface area contributed by atoms with Crippen LogP contribution < -0.4 is 15.6 Å². The second-order valence-corrected chi connectivity index (χ2v) is 12.3. The van der Waals surface area contributed by atoms with Gasteiger partial charge in [0.05, 0.1) is 16.7 Å². The lowest BCUT2D eigenvalue weighted by Crippen LogP contribution is -2.49. The van der Waals surface area contributed by atoms with Gasteiger partial charge in [-0.3, -0.25) is 13.6 Å². The van der Waals surface area contributed by atoms with Gasteiger partial charge in [0.1, 0.15) is 11.6 Å². The topological polar surface area (TPSA) is 70.5 Å². The van der Waals surface area contributed by atoms with Crippen LogP contribution in [0.1, 0.15) is 5.56 Å². The van der Waals surface area contributed by atoms with Gasteiger partial charge in [-0.2, -0.15) is 0 Å². The number of hydrogen-bond acceptors (Lipinski definition) is 5. The summed E-state index contributed by atoms with van der Waals surface area (Å²) in [6.45, 7) is 2.57. The van der Waals surface area contributed by atoms with E-state index < -0.39 is 9.71 Å². The predicted molar refractivity (Wildman–Crippen MR) is 166 cm³/mol. The van der Waals surface area contributed by atoms with Crippen LogP contribution >= 0.6 is 0 Å². The van der Waals surface area contributed by atoms with E-state index in [1.165, 1.54) is 0 Å².